The third-order valence-electron chi connectivity index (χ3n) is 5.94. The zero-order chi connectivity index (χ0) is 22.1. The van der Waals surface area contributed by atoms with E-state index >= 15 is 0 Å². The van der Waals surface area contributed by atoms with E-state index in [1.807, 2.05) is 51.1 Å². The SMILES string of the molecule is Cc1nc(C2CCCN2C(=O)c2c(C(C)C)noc2C)[nH]c(=O)c1Cc1ccccc1. The van der Waals surface area contributed by atoms with Gasteiger partial charge in [-0.15, -0.1) is 0 Å². The van der Waals surface area contributed by atoms with Gasteiger partial charge in [0.15, 0.2) is 0 Å². The van der Waals surface area contributed by atoms with Crippen molar-refractivity contribution in [2.75, 3.05) is 6.54 Å². The van der Waals surface area contributed by atoms with Crippen molar-refractivity contribution in [3.8, 4) is 0 Å². The Kier molecular flexibility index (Phi) is 5.76. The van der Waals surface area contributed by atoms with Crippen molar-refractivity contribution in [3.63, 3.8) is 0 Å². The van der Waals surface area contributed by atoms with Gasteiger partial charge in [0.1, 0.15) is 17.1 Å². The van der Waals surface area contributed by atoms with Gasteiger partial charge in [0, 0.05) is 24.2 Å². The Balaban J connectivity index is 1.64. The Hall–Kier alpha value is -3.22. The number of rotatable bonds is 5. The van der Waals surface area contributed by atoms with Crippen LogP contribution in [-0.4, -0.2) is 32.5 Å². The molecule has 1 aromatic carbocycles. The highest BCUT2D eigenvalue weighted by molar-refractivity contribution is 5.96. The van der Waals surface area contributed by atoms with E-state index in [2.05, 4.69) is 10.1 Å². The molecule has 1 aliphatic heterocycles. The highest BCUT2D eigenvalue weighted by Gasteiger charge is 2.36. The molecule has 0 bridgehead atoms. The fourth-order valence-electron chi connectivity index (χ4n) is 4.28. The summed E-state index contributed by atoms with van der Waals surface area (Å²) in [5.41, 5.74) is 3.47. The first kappa shape index (κ1) is 21.0. The molecule has 162 valence electrons. The number of aryl methyl sites for hydroxylation is 2. The summed E-state index contributed by atoms with van der Waals surface area (Å²) in [5.74, 6) is 1.04. The monoisotopic (exact) mass is 420 g/mol. The Morgan fingerprint density at radius 2 is 2.00 bits per heavy atom. The van der Waals surface area contributed by atoms with Crippen LogP contribution >= 0.6 is 0 Å². The van der Waals surface area contributed by atoms with E-state index in [9.17, 15) is 9.59 Å². The molecule has 7 nitrogen and oxygen atoms in total. The van der Waals surface area contributed by atoms with Crippen molar-refractivity contribution in [2.24, 2.45) is 0 Å². The van der Waals surface area contributed by atoms with Crippen molar-refractivity contribution in [3.05, 3.63) is 80.3 Å². The maximum absolute atomic E-state index is 13.4. The lowest BCUT2D eigenvalue weighted by Gasteiger charge is -2.24. The van der Waals surface area contributed by atoms with E-state index < -0.39 is 0 Å². The minimum atomic E-state index is -0.265. The molecule has 3 heterocycles. The molecule has 0 spiro atoms. The standard InChI is InChI=1S/C24H28N4O3/c1-14(2)21-20(16(4)31-27-21)24(30)28-12-8-11-19(28)22-25-15(3)18(23(29)26-22)13-17-9-6-5-7-10-17/h5-7,9-10,14,19H,8,11-13H2,1-4H3,(H,25,26,29). The smallest absolute Gasteiger partial charge is 0.260 e. The molecule has 1 unspecified atom stereocenters. The van der Waals surface area contributed by atoms with Gasteiger partial charge in [-0.25, -0.2) is 4.98 Å². The van der Waals surface area contributed by atoms with E-state index in [0.29, 0.717) is 47.1 Å². The van der Waals surface area contributed by atoms with Crippen LogP contribution in [0.4, 0.5) is 0 Å². The normalized spacial score (nSPS) is 16.3. The first-order valence-electron chi connectivity index (χ1n) is 10.8. The molecule has 7 heteroatoms. The van der Waals surface area contributed by atoms with Gasteiger partial charge < -0.3 is 14.4 Å². The molecule has 1 atom stereocenters. The summed E-state index contributed by atoms with van der Waals surface area (Å²) in [6, 6.07) is 9.60. The Morgan fingerprint density at radius 1 is 1.26 bits per heavy atom. The molecule has 4 rings (SSSR count). The van der Waals surface area contributed by atoms with Gasteiger partial charge in [-0.3, -0.25) is 9.59 Å². The Bertz CT molecular complexity index is 1150. The summed E-state index contributed by atoms with van der Waals surface area (Å²) in [4.78, 5) is 35.8. The third kappa shape index (κ3) is 4.04. The van der Waals surface area contributed by atoms with Crippen LogP contribution in [0.1, 0.15) is 83.1 Å². The number of hydrogen-bond acceptors (Lipinski definition) is 5. The summed E-state index contributed by atoms with van der Waals surface area (Å²) in [7, 11) is 0. The number of hydrogen-bond donors (Lipinski definition) is 1. The minimum Gasteiger partial charge on any atom is -0.361 e. The molecule has 2 aromatic heterocycles. The molecule has 0 radical (unpaired) electrons. The number of likely N-dealkylation sites (tertiary alicyclic amines) is 1. The first-order valence-corrected chi connectivity index (χ1v) is 10.8. The number of aromatic amines is 1. The number of H-pyrrole nitrogens is 1. The van der Waals surface area contributed by atoms with Crippen LogP contribution in [0.5, 0.6) is 0 Å². The van der Waals surface area contributed by atoms with Gasteiger partial charge in [0.2, 0.25) is 0 Å². The van der Waals surface area contributed by atoms with Gasteiger partial charge >= 0.3 is 0 Å². The number of benzene rings is 1. The average molecular weight is 421 g/mol. The second-order valence-corrected chi connectivity index (χ2v) is 8.49. The van der Waals surface area contributed by atoms with E-state index in [0.717, 1.165) is 18.4 Å². The van der Waals surface area contributed by atoms with Gasteiger partial charge in [0.25, 0.3) is 11.5 Å². The maximum Gasteiger partial charge on any atom is 0.260 e. The van der Waals surface area contributed by atoms with Gasteiger partial charge in [0.05, 0.1) is 11.7 Å². The van der Waals surface area contributed by atoms with Crippen LogP contribution in [0.3, 0.4) is 0 Å². The fraction of sp³-hybridized carbons (Fsp3) is 0.417. The second kappa shape index (κ2) is 8.49. The summed E-state index contributed by atoms with van der Waals surface area (Å²) in [6.45, 7) is 8.21. The first-order chi connectivity index (χ1) is 14.9. The third-order valence-corrected chi connectivity index (χ3v) is 5.94. The van der Waals surface area contributed by atoms with Gasteiger partial charge in [-0.1, -0.05) is 49.3 Å². The Labute approximate surface area is 181 Å². The highest BCUT2D eigenvalue weighted by Crippen LogP contribution is 2.33. The molecule has 31 heavy (non-hydrogen) atoms. The van der Waals surface area contributed by atoms with Crippen molar-refractivity contribution in [1.29, 1.82) is 0 Å². The van der Waals surface area contributed by atoms with Crippen molar-refractivity contribution >= 4 is 5.91 Å². The number of aromatic nitrogens is 3. The zero-order valence-corrected chi connectivity index (χ0v) is 18.4. The maximum atomic E-state index is 13.4. The Morgan fingerprint density at radius 3 is 2.68 bits per heavy atom. The second-order valence-electron chi connectivity index (χ2n) is 8.49. The van der Waals surface area contributed by atoms with Gasteiger partial charge in [-0.05, 0) is 38.2 Å². The van der Waals surface area contributed by atoms with E-state index in [4.69, 9.17) is 9.51 Å². The molecule has 3 aromatic rings. The summed E-state index contributed by atoms with van der Waals surface area (Å²) in [6.07, 6.45) is 2.14. The molecule has 1 N–H and O–H groups in total. The van der Waals surface area contributed by atoms with E-state index in [1.54, 1.807) is 11.8 Å². The largest absolute Gasteiger partial charge is 0.361 e. The lowest BCUT2D eigenvalue weighted by atomic mass is 10.0. The van der Waals surface area contributed by atoms with E-state index in [-0.39, 0.29) is 23.4 Å². The van der Waals surface area contributed by atoms with Crippen LogP contribution in [0, 0.1) is 13.8 Å². The molecule has 1 amide bonds. The number of nitrogens with one attached hydrogen (secondary N) is 1. The van der Waals surface area contributed by atoms with Crippen LogP contribution in [0.15, 0.2) is 39.6 Å². The predicted molar refractivity (Wildman–Crippen MR) is 117 cm³/mol. The number of carbonyl (C=O) groups is 1. The lowest BCUT2D eigenvalue weighted by Crippen LogP contribution is -2.34. The molecule has 0 aliphatic carbocycles. The fourth-order valence-corrected chi connectivity index (χ4v) is 4.28. The number of nitrogens with zero attached hydrogens (tertiary/aromatic N) is 3. The quantitative estimate of drug-likeness (QED) is 0.672. The topological polar surface area (TPSA) is 92.1 Å². The van der Waals surface area contributed by atoms with Gasteiger partial charge in [-0.2, -0.15) is 0 Å². The van der Waals surface area contributed by atoms with Crippen LogP contribution in [-0.2, 0) is 6.42 Å². The van der Waals surface area contributed by atoms with Crippen LogP contribution in [0.2, 0.25) is 0 Å². The molecular weight excluding hydrogens is 392 g/mol. The highest BCUT2D eigenvalue weighted by atomic mass is 16.5. The average Bonchev–Trinajstić information content (AvgIpc) is 3.38. The van der Waals surface area contributed by atoms with Crippen molar-refractivity contribution in [2.45, 2.75) is 58.9 Å². The number of carbonyl (C=O) groups excluding carboxylic acids is 1. The molecule has 0 saturated carbocycles. The summed E-state index contributed by atoms with van der Waals surface area (Å²) < 4.78 is 5.32. The number of amides is 1. The zero-order valence-electron chi connectivity index (χ0n) is 18.4. The van der Waals surface area contributed by atoms with Crippen LogP contribution in [0.25, 0.3) is 0 Å². The van der Waals surface area contributed by atoms with Crippen molar-refractivity contribution in [1.82, 2.24) is 20.0 Å². The summed E-state index contributed by atoms with van der Waals surface area (Å²) in [5, 5.41) is 4.09. The molecule has 1 fully saturated rings. The minimum absolute atomic E-state index is 0.0786. The van der Waals surface area contributed by atoms with Crippen LogP contribution < -0.4 is 5.56 Å². The summed E-state index contributed by atoms with van der Waals surface area (Å²) >= 11 is 0. The predicted octanol–water partition coefficient (Wildman–Crippen LogP) is 4.07. The molecule has 1 saturated heterocycles. The molecule has 1 aliphatic rings. The lowest BCUT2D eigenvalue weighted by molar-refractivity contribution is 0.0726. The molecular formula is C24H28N4O3. The van der Waals surface area contributed by atoms with E-state index in [1.165, 1.54) is 0 Å². The van der Waals surface area contributed by atoms with Crippen molar-refractivity contribution < 1.29 is 9.32 Å².